The highest BCUT2D eigenvalue weighted by Gasteiger charge is 2.17. The fourth-order valence-corrected chi connectivity index (χ4v) is 3.16. The third-order valence-electron chi connectivity index (χ3n) is 2.92. The minimum absolute atomic E-state index is 0.0466. The van der Waals surface area contributed by atoms with Gasteiger partial charge in [0.2, 0.25) is 0 Å². The van der Waals surface area contributed by atoms with Crippen LogP contribution >= 0.6 is 11.6 Å². The minimum Gasteiger partial charge on any atom is -0.478 e. The topological polar surface area (TPSA) is 83.5 Å². The van der Waals surface area contributed by atoms with Gasteiger partial charge >= 0.3 is 5.97 Å². The highest BCUT2D eigenvalue weighted by atomic mass is 35.5. The minimum atomic E-state index is -3.96. The molecule has 0 aromatic heterocycles. The van der Waals surface area contributed by atoms with E-state index >= 15 is 0 Å². The second-order valence-corrected chi connectivity index (χ2v) is 6.61. The standard InChI is InChI=1S/C14H11ClFNO4S/c1-8-6-9(14(18)19)2-5-13(8)17-22(20,21)10-3-4-12(16)11(15)7-10/h2-7,17H,1H3,(H,18,19). The predicted octanol–water partition coefficient (Wildman–Crippen LogP) is 3.29. The second-order valence-electron chi connectivity index (χ2n) is 4.52. The molecule has 0 fully saturated rings. The van der Waals surface area contributed by atoms with E-state index in [0.717, 1.165) is 18.2 Å². The van der Waals surface area contributed by atoms with Gasteiger partial charge in [0.05, 0.1) is 21.2 Å². The number of nitrogens with one attached hydrogen (secondary N) is 1. The Morgan fingerprint density at radius 1 is 1.23 bits per heavy atom. The van der Waals surface area contributed by atoms with Gasteiger partial charge in [0, 0.05) is 0 Å². The van der Waals surface area contributed by atoms with Crippen molar-refractivity contribution < 1.29 is 22.7 Å². The summed E-state index contributed by atoms with van der Waals surface area (Å²) in [5, 5.41) is 8.57. The molecule has 0 atom stereocenters. The van der Waals surface area contributed by atoms with Gasteiger partial charge in [-0.1, -0.05) is 11.6 Å². The lowest BCUT2D eigenvalue weighted by Gasteiger charge is -2.11. The van der Waals surface area contributed by atoms with Crippen LogP contribution in [0.1, 0.15) is 15.9 Å². The zero-order valence-electron chi connectivity index (χ0n) is 11.3. The lowest BCUT2D eigenvalue weighted by Crippen LogP contribution is -2.14. The Kier molecular flexibility index (Phi) is 4.39. The molecule has 2 aromatic rings. The van der Waals surface area contributed by atoms with Gasteiger partial charge in [-0.2, -0.15) is 0 Å². The summed E-state index contributed by atoms with van der Waals surface area (Å²) in [6.07, 6.45) is 0. The van der Waals surface area contributed by atoms with Gasteiger partial charge < -0.3 is 5.11 Å². The largest absolute Gasteiger partial charge is 0.478 e. The average molecular weight is 344 g/mol. The van der Waals surface area contributed by atoms with Gasteiger partial charge in [0.15, 0.2) is 0 Å². The van der Waals surface area contributed by atoms with Crippen LogP contribution in [-0.2, 0) is 10.0 Å². The number of carbonyl (C=O) groups is 1. The summed E-state index contributed by atoms with van der Waals surface area (Å²) in [7, 11) is -3.96. The molecule has 5 nitrogen and oxygen atoms in total. The summed E-state index contributed by atoms with van der Waals surface area (Å²) < 4.78 is 39.9. The van der Waals surface area contributed by atoms with Crippen molar-refractivity contribution in [3.05, 3.63) is 58.4 Å². The maximum Gasteiger partial charge on any atom is 0.335 e. The van der Waals surface area contributed by atoms with Crippen LogP contribution in [0.4, 0.5) is 10.1 Å². The molecule has 0 saturated carbocycles. The molecule has 0 unspecified atom stereocenters. The number of anilines is 1. The summed E-state index contributed by atoms with van der Waals surface area (Å²) in [4.78, 5) is 10.7. The van der Waals surface area contributed by atoms with Crippen LogP contribution in [0.5, 0.6) is 0 Å². The normalized spacial score (nSPS) is 11.2. The number of carboxylic acids is 1. The van der Waals surface area contributed by atoms with Gasteiger partial charge in [-0.25, -0.2) is 17.6 Å². The molecular weight excluding hydrogens is 333 g/mol. The highest BCUT2D eigenvalue weighted by molar-refractivity contribution is 7.92. The van der Waals surface area contributed by atoms with Crippen LogP contribution in [0.15, 0.2) is 41.3 Å². The molecule has 2 rings (SSSR count). The first-order chi connectivity index (χ1) is 10.2. The number of halogens is 2. The Balaban J connectivity index is 2.36. The van der Waals surface area contributed by atoms with E-state index in [2.05, 4.69) is 4.72 Å². The molecule has 22 heavy (non-hydrogen) atoms. The van der Waals surface area contributed by atoms with Crippen molar-refractivity contribution >= 4 is 33.3 Å². The first-order valence-electron chi connectivity index (χ1n) is 6.02. The third-order valence-corrected chi connectivity index (χ3v) is 4.57. The fraction of sp³-hybridized carbons (Fsp3) is 0.0714. The molecule has 0 aliphatic rings. The molecule has 8 heteroatoms. The van der Waals surface area contributed by atoms with Crippen LogP contribution in [-0.4, -0.2) is 19.5 Å². The van der Waals surface area contributed by atoms with E-state index in [4.69, 9.17) is 16.7 Å². The lowest BCUT2D eigenvalue weighted by molar-refractivity contribution is 0.0697. The second kappa shape index (κ2) is 5.94. The molecule has 0 radical (unpaired) electrons. The van der Waals surface area contributed by atoms with Crippen LogP contribution in [0.2, 0.25) is 5.02 Å². The van der Waals surface area contributed by atoms with E-state index in [1.807, 2.05) is 0 Å². The molecule has 2 N–H and O–H groups in total. The first kappa shape index (κ1) is 16.3. The maximum atomic E-state index is 13.1. The van der Waals surface area contributed by atoms with E-state index in [1.165, 1.54) is 18.2 Å². The number of hydrogen-bond donors (Lipinski definition) is 2. The molecule has 0 heterocycles. The van der Waals surface area contributed by atoms with E-state index < -0.39 is 21.8 Å². The molecule has 116 valence electrons. The van der Waals surface area contributed by atoms with Crippen LogP contribution in [0, 0.1) is 12.7 Å². The van der Waals surface area contributed by atoms with E-state index in [0.29, 0.717) is 5.56 Å². The fourth-order valence-electron chi connectivity index (χ4n) is 1.76. The SMILES string of the molecule is Cc1cc(C(=O)O)ccc1NS(=O)(=O)c1ccc(F)c(Cl)c1. The Bertz CT molecular complexity index is 852. The predicted molar refractivity (Wildman–Crippen MR) is 80.4 cm³/mol. The quantitative estimate of drug-likeness (QED) is 0.892. The Morgan fingerprint density at radius 2 is 1.91 bits per heavy atom. The van der Waals surface area contributed by atoms with Crippen molar-refractivity contribution in [1.82, 2.24) is 0 Å². The van der Waals surface area contributed by atoms with E-state index in [1.54, 1.807) is 6.92 Å². The number of sulfonamides is 1. The van der Waals surface area contributed by atoms with Crippen molar-refractivity contribution in [2.75, 3.05) is 4.72 Å². The van der Waals surface area contributed by atoms with Crippen molar-refractivity contribution in [2.24, 2.45) is 0 Å². The van der Waals surface area contributed by atoms with E-state index in [9.17, 15) is 17.6 Å². The number of carboxylic acid groups (broad SMARTS) is 1. The highest BCUT2D eigenvalue weighted by Crippen LogP contribution is 2.24. The first-order valence-corrected chi connectivity index (χ1v) is 7.88. The zero-order valence-corrected chi connectivity index (χ0v) is 12.9. The number of benzene rings is 2. The van der Waals surface area contributed by atoms with Crippen molar-refractivity contribution in [1.29, 1.82) is 0 Å². The van der Waals surface area contributed by atoms with Crippen LogP contribution in [0.3, 0.4) is 0 Å². The van der Waals surface area contributed by atoms with E-state index in [-0.39, 0.29) is 21.2 Å². The van der Waals surface area contributed by atoms with Gasteiger partial charge in [-0.3, -0.25) is 4.72 Å². The number of aromatic carboxylic acids is 1. The molecule has 0 spiro atoms. The van der Waals surface area contributed by atoms with Crippen molar-refractivity contribution in [3.8, 4) is 0 Å². The van der Waals surface area contributed by atoms with Gasteiger partial charge in [0.25, 0.3) is 10.0 Å². The summed E-state index contributed by atoms with van der Waals surface area (Å²) in [5.74, 6) is -1.83. The average Bonchev–Trinajstić information content (AvgIpc) is 2.43. The Labute approximate surface area is 131 Å². The number of aryl methyl sites for hydroxylation is 1. The number of rotatable bonds is 4. The summed E-state index contributed by atoms with van der Waals surface area (Å²) in [6, 6.07) is 7.02. The lowest BCUT2D eigenvalue weighted by atomic mass is 10.1. The van der Waals surface area contributed by atoms with Crippen LogP contribution in [0.25, 0.3) is 0 Å². The van der Waals surface area contributed by atoms with Crippen molar-refractivity contribution in [2.45, 2.75) is 11.8 Å². The summed E-state index contributed by atoms with van der Waals surface area (Å²) in [6.45, 7) is 1.57. The molecule has 0 bridgehead atoms. The van der Waals surface area contributed by atoms with Gasteiger partial charge in [0.1, 0.15) is 5.82 Å². The smallest absolute Gasteiger partial charge is 0.335 e. The molecular formula is C14H11ClFNO4S. The third kappa shape index (κ3) is 3.37. The van der Waals surface area contributed by atoms with Gasteiger partial charge in [-0.05, 0) is 48.9 Å². The molecule has 2 aromatic carbocycles. The zero-order chi connectivity index (χ0) is 16.5. The summed E-state index contributed by atoms with van der Waals surface area (Å²) in [5.41, 5.74) is 0.715. The Morgan fingerprint density at radius 3 is 2.45 bits per heavy atom. The monoisotopic (exact) mass is 343 g/mol. The van der Waals surface area contributed by atoms with Crippen LogP contribution < -0.4 is 4.72 Å². The Hall–Kier alpha value is -2.12. The molecule has 0 aliphatic carbocycles. The number of hydrogen-bond acceptors (Lipinski definition) is 3. The molecule has 0 amide bonds. The summed E-state index contributed by atoms with van der Waals surface area (Å²) >= 11 is 5.58. The molecule has 0 aliphatic heterocycles. The maximum absolute atomic E-state index is 13.1. The molecule has 0 saturated heterocycles. The van der Waals surface area contributed by atoms with Gasteiger partial charge in [-0.15, -0.1) is 0 Å². The van der Waals surface area contributed by atoms with Crippen molar-refractivity contribution in [3.63, 3.8) is 0 Å².